The molecule has 0 saturated carbocycles. The van der Waals surface area contributed by atoms with Crippen molar-refractivity contribution in [2.75, 3.05) is 6.61 Å². The molecule has 2 atom stereocenters. The molecule has 0 fully saturated rings. The molecule has 0 saturated heterocycles. The number of carbonyl (C=O) groups excluding carboxylic acids is 3. The van der Waals surface area contributed by atoms with E-state index in [9.17, 15) is 14.4 Å². The molecule has 0 aromatic heterocycles. The van der Waals surface area contributed by atoms with Gasteiger partial charge in [0.05, 0.1) is 12.5 Å². The summed E-state index contributed by atoms with van der Waals surface area (Å²) in [5.74, 6) is -0.573. The number of carbonyl (C=O) groups is 3. The molecule has 0 radical (unpaired) electrons. The van der Waals surface area contributed by atoms with Gasteiger partial charge in [0.1, 0.15) is 25.0 Å². The smallest absolute Gasteiger partial charge is 0.329 e. The van der Waals surface area contributed by atoms with Gasteiger partial charge >= 0.3 is 5.97 Å². The van der Waals surface area contributed by atoms with Crippen molar-refractivity contribution >= 4 is 17.8 Å². The van der Waals surface area contributed by atoms with E-state index in [1.54, 1.807) is 24.3 Å². The highest BCUT2D eigenvalue weighted by Crippen LogP contribution is 2.20. The van der Waals surface area contributed by atoms with Crippen LogP contribution in [0.2, 0.25) is 0 Å². The van der Waals surface area contributed by atoms with Crippen LogP contribution in [0.3, 0.4) is 0 Å². The molecule has 7 nitrogen and oxygen atoms in total. The largest absolute Gasteiger partial charge is 0.489 e. The van der Waals surface area contributed by atoms with Crippen LogP contribution in [0.15, 0.2) is 146 Å². The van der Waals surface area contributed by atoms with Crippen LogP contribution in [0, 0.1) is 0 Å². The van der Waals surface area contributed by atoms with Gasteiger partial charge in [0.25, 0.3) is 5.91 Å². The minimum Gasteiger partial charge on any atom is -0.489 e. The summed E-state index contributed by atoms with van der Waals surface area (Å²) < 4.78 is 11.9. The van der Waals surface area contributed by atoms with Crippen molar-refractivity contribution in [1.82, 2.24) is 10.6 Å². The van der Waals surface area contributed by atoms with E-state index in [2.05, 4.69) is 10.6 Å². The maximum Gasteiger partial charge on any atom is 0.329 e. The number of para-hydroxylation sites is 1. The van der Waals surface area contributed by atoms with Crippen LogP contribution in [0.5, 0.6) is 5.75 Å². The standard InChI is InChI=1S/C40H38N2O5/c43-38(27-34-23-13-14-24-37(34)46-28-32-19-9-3-10-20-32)42-36(26-31-17-7-2-8-18-31)40(45)47-29-35(25-30-15-5-1-6-16-30)41-39(44)33-21-11-4-12-22-33/h1-24,35-36H,25-29H2,(H,41,44)(H,42,43)/t35-,36+/m1/s1. The molecule has 7 heteroatoms. The third-order valence-electron chi connectivity index (χ3n) is 7.59. The molecule has 47 heavy (non-hydrogen) atoms. The van der Waals surface area contributed by atoms with E-state index in [1.807, 2.05) is 121 Å². The average Bonchev–Trinajstić information content (AvgIpc) is 3.11. The Labute approximate surface area is 275 Å². The van der Waals surface area contributed by atoms with Gasteiger partial charge in [-0.2, -0.15) is 0 Å². The summed E-state index contributed by atoms with van der Waals surface area (Å²) in [6, 6.07) is 43.8. The monoisotopic (exact) mass is 626 g/mol. The molecule has 0 heterocycles. The fraction of sp³-hybridized carbons (Fsp3) is 0.175. The zero-order valence-electron chi connectivity index (χ0n) is 26.1. The van der Waals surface area contributed by atoms with Gasteiger partial charge in [-0.25, -0.2) is 4.79 Å². The molecule has 0 spiro atoms. The summed E-state index contributed by atoms with van der Waals surface area (Å²) in [6.07, 6.45) is 0.729. The molecule has 238 valence electrons. The molecular formula is C40H38N2O5. The van der Waals surface area contributed by atoms with Gasteiger partial charge < -0.3 is 20.1 Å². The number of nitrogens with one attached hydrogen (secondary N) is 2. The summed E-state index contributed by atoms with van der Waals surface area (Å²) >= 11 is 0. The highest BCUT2D eigenvalue weighted by molar-refractivity contribution is 5.94. The molecule has 0 unspecified atom stereocenters. The van der Waals surface area contributed by atoms with Crippen molar-refractivity contribution in [3.63, 3.8) is 0 Å². The van der Waals surface area contributed by atoms with Crippen LogP contribution < -0.4 is 15.4 Å². The second kappa shape index (κ2) is 17.1. The summed E-state index contributed by atoms with van der Waals surface area (Å²) in [4.78, 5) is 40.0. The maximum atomic E-state index is 13.6. The number of rotatable bonds is 15. The Hall–Kier alpha value is -5.69. The third-order valence-corrected chi connectivity index (χ3v) is 7.59. The number of hydrogen-bond acceptors (Lipinski definition) is 5. The molecule has 5 aromatic rings. The van der Waals surface area contributed by atoms with Gasteiger partial charge in [0, 0.05) is 17.5 Å². The molecule has 5 aromatic carbocycles. The minimum absolute atomic E-state index is 0.0211. The molecular weight excluding hydrogens is 588 g/mol. The first-order valence-corrected chi connectivity index (χ1v) is 15.7. The zero-order chi connectivity index (χ0) is 32.7. The third kappa shape index (κ3) is 10.4. The van der Waals surface area contributed by atoms with Crippen LogP contribution in [-0.2, 0) is 40.2 Å². The predicted octanol–water partition coefficient (Wildman–Crippen LogP) is 6.12. The van der Waals surface area contributed by atoms with Gasteiger partial charge in [0.2, 0.25) is 5.91 Å². The van der Waals surface area contributed by atoms with Crippen molar-refractivity contribution in [1.29, 1.82) is 0 Å². The normalized spacial score (nSPS) is 11.9. The van der Waals surface area contributed by atoms with E-state index in [1.165, 1.54) is 0 Å². The number of esters is 1. The van der Waals surface area contributed by atoms with E-state index in [-0.39, 0.29) is 31.3 Å². The van der Waals surface area contributed by atoms with E-state index < -0.39 is 18.1 Å². The number of amides is 2. The minimum atomic E-state index is -0.940. The highest BCUT2D eigenvalue weighted by atomic mass is 16.5. The van der Waals surface area contributed by atoms with E-state index >= 15 is 0 Å². The van der Waals surface area contributed by atoms with E-state index in [0.717, 1.165) is 16.7 Å². The van der Waals surface area contributed by atoms with Gasteiger partial charge in [0.15, 0.2) is 0 Å². The molecule has 5 rings (SSSR count). The Morgan fingerprint density at radius 1 is 0.574 bits per heavy atom. The van der Waals surface area contributed by atoms with Crippen molar-refractivity contribution in [2.24, 2.45) is 0 Å². The van der Waals surface area contributed by atoms with Crippen molar-refractivity contribution in [2.45, 2.75) is 38.0 Å². The van der Waals surface area contributed by atoms with Crippen LogP contribution >= 0.6 is 0 Å². The van der Waals surface area contributed by atoms with Gasteiger partial charge in [-0.1, -0.05) is 127 Å². The zero-order valence-corrected chi connectivity index (χ0v) is 26.1. The molecule has 0 aliphatic carbocycles. The fourth-order valence-electron chi connectivity index (χ4n) is 5.18. The van der Waals surface area contributed by atoms with Crippen LogP contribution in [-0.4, -0.2) is 36.5 Å². The molecule has 2 amide bonds. The second-order valence-corrected chi connectivity index (χ2v) is 11.2. The molecule has 0 aliphatic rings. The lowest BCUT2D eigenvalue weighted by Gasteiger charge is -2.22. The molecule has 0 aliphatic heterocycles. The summed E-state index contributed by atoms with van der Waals surface area (Å²) in [5, 5.41) is 5.91. The van der Waals surface area contributed by atoms with E-state index in [4.69, 9.17) is 9.47 Å². The topological polar surface area (TPSA) is 93.7 Å². The Kier molecular flexibility index (Phi) is 11.9. The fourth-order valence-corrected chi connectivity index (χ4v) is 5.18. The van der Waals surface area contributed by atoms with Crippen LogP contribution in [0.4, 0.5) is 0 Å². The lowest BCUT2D eigenvalue weighted by atomic mass is 10.0. The van der Waals surface area contributed by atoms with Crippen LogP contribution in [0.25, 0.3) is 0 Å². The first-order chi connectivity index (χ1) is 23.0. The number of hydrogen-bond donors (Lipinski definition) is 2. The van der Waals surface area contributed by atoms with Crippen molar-refractivity contribution in [3.8, 4) is 5.75 Å². The molecule has 2 N–H and O–H groups in total. The van der Waals surface area contributed by atoms with Crippen molar-refractivity contribution in [3.05, 3.63) is 173 Å². The first-order valence-electron chi connectivity index (χ1n) is 15.7. The predicted molar refractivity (Wildman–Crippen MR) is 182 cm³/mol. The second-order valence-electron chi connectivity index (χ2n) is 11.2. The number of ether oxygens (including phenoxy) is 2. The highest BCUT2D eigenvalue weighted by Gasteiger charge is 2.25. The van der Waals surface area contributed by atoms with Gasteiger partial charge in [-0.05, 0) is 41.3 Å². The lowest BCUT2D eigenvalue weighted by molar-refractivity contribution is -0.148. The lowest BCUT2D eigenvalue weighted by Crippen LogP contribution is -2.46. The first kappa shape index (κ1) is 32.7. The quantitative estimate of drug-likeness (QED) is 0.137. The summed E-state index contributed by atoms with van der Waals surface area (Å²) in [6.45, 7) is 0.303. The SMILES string of the molecule is O=C(Cc1ccccc1OCc1ccccc1)N[C@@H](Cc1ccccc1)C(=O)OC[C@@H](Cc1ccccc1)NC(=O)c1ccccc1. The van der Waals surface area contributed by atoms with Gasteiger partial charge in [-0.3, -0.25) is 9.59 Å². The van der Waals surface area contributed by atoms with Gasteiger partial charge in [-0.15, -0.1) is 0 Å². The number of benzene rings is 5. The van der Waals surface area contributed by atoms with E-state index in [0.29, 0.717) is 29.9 Å². The average molecular weight is 627 g/mol. The maximum absolute atomic E-state index is 13.6. The Balaban J connectivity index is 1.26. The Morgan fingerprint density at radius 2 is 1.11 bits per heavy atom. The Morgan fingerprint density at radius 3 is 1.74 bits per heavy atom. The summed E-state index contributed by atoms with van der Waals surface area (Å²) in [5.41, 5.74) is 4.10. The van der Waals surface area contributed by atoms with Crippen molar-refractivity contribution < 1.29 is 23.9 Å². The van der Waals surface area contributed by atoms with Crippen LogP contribution in [0.1, 0.15) is 32.6 Å². The Bertz CT molecular complexity index is 1710. The molecule has 0 bridgehead atoms. The summed E-state index contributed by atoms with van der Waals surface area (Å²) in [7, 11) is 0.